The lowest BCUT2D eigenvalue weighted by molar-refractivity contribution is -0.123. The van der Waals surface area contributed by atoms with E-state index in [0.717, 1.165) is 11.5 Å². The lowest BCUT2D eigenvalue weighted by atomic mass is 10.1. The third kappa shape index (κ3) is 4.51. The van der Waals surface area contributed by atoms with Crippen LogP contribution in [0.2, 0.25) is 0 Å². The molecule has 5 nitrogen and oxygen atoms in total. The Bertz CT molecular complexity index is 574. The van der Waals surface area contributed by atoms with Crippen LogP contribution >= 0.6 is 11.8 Å². The lowest BCUT2D eigenvalue weighted by Gasteiger charge is -2.25. The largest absolute Gasteiger partial charge is 0.355 e. The average Bonchev–Trinajstić information content (AvgIpc) is 2.99. The molecule has 1 aliphatic heterocycles. The molecular formula is C16H28N2O3S2. The molecule has 1 saturated carbocycles. The van der Waals surface area contributed by atoms with E-state index in [1.165, 1.54) is 5.57 Å². The van der Waals surface area contributed by atoms with Gasteiger partial charge in [0.1, 0.15) is 0 Å². The van der Waals surface area contributed by atoms with Gasteiger partial charge in [-0.2, -0.15) is 11.8 Å². The number of carbonyl (C=O) groups excluding carboxylic acids is 1. The van der Waals surface area contributed by atoms with E-state index in [0.29, 0.717) is 13.1 Å². The van der Waals surface area contributed by atoms with E-state index in [9.17, 15) is 13.2 Å². The highest BCUT2D eigenvalue weighted by Gasteiger charge is 2.60. The molecule has 23 heavy (non-hydrogen) atoms. The van der Waals surface area contributed by atoms with Crippen molar-refractivity contribution in [3.05, 3.63) is 11.6 Å². The zero-order valence-corrected chi connectivity index (χ0v) is 16.1. The number of sulfonamides is 1. The molecule has 1 heterocycles. The van der Waals surface area contributed by atoms with E-state index in [1.54, 1.807) is 16.1 Å². The van der Waals surface area contributed by atoms with E-state index in [2.05, 4.69) is 25.2 Å². The van der Waals surface area contributed by atoms with Gasteiger partial charge in [-0.25, -0.2) is 12.7 Å². The SMILES string of the molecule is CC(C)=C[C@@H]1[C@@H](C(=O)NCCS(=O)(=O)N2CCSCC2)C1(C)C. The van der Waals surface area contributed by atoms with Crippen molar-refractivity contribution in [3.63, 3.8) is 0 Å². The van der Waals surface area contributed by atoms with E-state index in [1.807, 2.05) is 13.8 Å². The molecule has 0 spiro atoms. The first-order valence-corrected chi connectivity index (χ1v) is 10.9. The summed E-state index contributed by atoms with van der Waals surface area (Å²) in [5.41, 5.74) is 1.17. The van der Waals surface area contributed by atoms with Crippen LogP contribution < -0.4 is 5.32 Å². The molecule has 2 aliphatic rings. The third-order valence-corrected chi connectivity index (χ3v) is 7.54. The smallest absolute Gasteiger partial charge is 0.224 e. The Balaban J connectivity index is 1.82. The number of amides is 1. The van der Waals surface area contributed by atoms with E-state index in [-0.39, 0.29) is 35.5 Å². The number of nitrogens with zero attached hydrogens (tertiary/aromatic N) is 1. The highest BCUT2D eigenvalue weighted by atomic mass is 32.2. The molecule has 1 amide bonds. The Morgan fingerprint density at radius 1 is 1.30 bits per heavy atom. The molecule has 1 aliphatic carbocycles. The van der Waals surface area contributed by atoms with Crippen molar-refractivity contribution in [2.24, 2.45) is 17.3 Å². The molecule has 0 radical (unpaired) electrons. The van der Waals surface area contributed by atoms with Gasteiger partial charge in [0.05, 0.1) is 11.7 Å². The van der Waals surface area contributed by atoms with Crippen LogP contribution in [0.5, 0.6) is 0 Å². The highest BCUT2D eigenvalue weighted by molar-refractivity contribution is 7.99. The molecule has 2 fully saturated rings. The molecule has 7 heteroatoms. The van der Waals surface area contributed by atoms with Crippen LogP contribution in [-0.4, -0.2) is 55.5 Å². The van der Waals surface area contributed by atoms with Gasteiger partial charge in [0.2, 0.25) is 15.9 Å². The average molecular weight is 361 g/mol. The molecule has 2 rings (SSSR count). The fourth-order valence-corrected chi connectivity index (χ4v) is 5.71. The van der Waals surface area contributed by atoms with Crippen LogP contribution in [0, 0.1) is 17.3 Å². The molecule has 132 valence electrons. The summed E-state index contributed by atoms with van der Waals surface area (Å²) < 4.78 is 26.0. The summed E-state index contributed by atoms with van der Waals surface area (Å²) in [6, 6.07) is 0. The van der Waals surface area contributed by atoms with Crippen LogP contribution in [0.3, 0.4) is 0 Å². The van der Waals surface area contributed by atoms with Crippen LogP contribution in [0.25, 0.3) is 0 Å². The van der Waals surface area contributed by atoms with Crippen molar-refractivity contribution in [2.75, 3.05) is 36.9 Å². The fourth-order valence-electron chi connectivity index (χ4n) is 3.22. The predicted molar refractivity (Wildman–Crippen MR) is 95.9 cm³/mol. The zero-order valence-electron chi connectivity index (χ0n) is 14.5. The van der Waals surface area contributed by atoms with Gasteiger partial charge in [0, 0.05) is 31.1 Å². The molecule has 0 aromatic heterocycles. The van der Waals surface area contributed by atoms with Crippen LogP contribution in [-0.2, 0) is 14.8 Å². The molecule has 0 unspecified atom stereocenters. The first-order valence-electron chi connectivity index (χ1n) is 8.14. The first kappa shape index (κ1) is 18.8. The number of allylic oxidation sites excluding steroid dienone is 2. The summed E-state index contributed by atoms with van der Waals surface area (Å²) in [4.78, 5) is 12.3. The Kier molecular flexibility index (Phi) is 5.85. The summed E-state index contributed by atoms with van der Waals surface area (Å²) >= 11 is 1.78. The van der Waals surface area contributed by atoms with Gasteiger partial charge in [0.15, 0.2) is 0 Å². The molecular weight excluding hydrogens is 332 g/mol. The maximum absolute atomic E-state index is 12.3. The first-order chi connectivity index (χ1) is 10.7. The van der Waals surface area contributed by atoms with Crippen molar-refractivity contribution >= 4 is 27.7 Å². The van der Waals surface area contributed by atoms with Gasteiger partial charge in [-0.05, 0) is 25.2 Å². The molecule has 0 bridgehead atoms. The zero-order chi connectivity index (χ0) is 17.3. The minimum Gasteiger partial charge on any atom is -0.355 e. The van der Waals surface area contributed by atoms with Gasteiger partial charge in [-0.1, -0.05) is 25.5 Å². The summed E-state index contributed by atoms with van der Waals surface area (Å²) in [7, 11) is -3.25. The Morgan fingerprint density at radius 3 is 2.48 bits per heavy atom. The standard InChI is InChI=1S/C16H28N2O3S2/c1-12(2)11-13-14(16(13,3)4)15(19)17-5-10-23(20,21)18-6-8-22-9-7-18/h11,13-14H,5-10H2,1-4H3,(H,17,19)/t13-,14+/m1/s1. The number of thioether (sulfide) groups is 1. The number of rotatable bonds is 6. The quantitative estimate of drug-likeness (QED) is 0.733. The minimum atomic E-state index is -3.25. The number of hydrogen-bond donors (Lipinski definition) is 1. The topological polar surface area (TPSA) is 66.5 Å². The minimum absolute atomic E-state index is 0.0101. The Hall–Kier alpha value is -0.530. The van der Waals surface area contributed by atoms with E-state index >= 15 is 0 Å². The van der Waals surface area contributed by atoms with Crippen molar-refractivity contribution in [1.82, 2.24) is 9.62 Å². The van der Waals surface area contributed by atoms with Crippen molar-refractivity contribution < 1.29 is 13.2 Å². The second-order valence-corrected chi connectivity index (χ2v) is 10.5. The Morgan fingerprint density at radius 2 is 1.91 bits per heavy atom. The van der Waals surface area contributed by atoms with Crippen LogP contribution in [0.4, 0.5) is 0 Å². The van der Waals surface area contributed by atoms with E-state index in [4.69, 9.17) is 0 Å². The van der Waals surface area contributed by atoms with Crippen molar-refractivity contribution in [1.29, 1.82) is 0 Å². The molecule has 2 atom stereocenters. The summed E-state index contributed by atoms with van der Waals surface area (Å²) in [5.74, 6) is 1.87. The lowest BCUT2D eigenvalue weighted by Crippen LogP contribution is -2.42. The number of hydrogen-bond acceptors (Lipinski definition) is 4. The molecule has 1 saturated heterocycles. The van der Waals surface area contributed by atoms with Gasteiger partial charge >= 0.3 is 0 Å². The van der Waals surface area contributed by atoms with Crippen LogP contribution in [0.15, 0.2) is 11.6 Å². The van der Waals surface area contributed by atoms with Gasteiger partial charge in [-0.15, -0.1) is 0 Å². The summed E-state index contributed by atoms with van der Waals surface area (Å²) in [5, 5.41) is 2.82. The predicted octanol–water partition coefficient (Wildman–Crippen LogP) is 1.72. The molecule has 0 aromatic carbocycles. The van der Waals surface area contributed by atoms with Crippen molar-refractivity contribution in [3.8, 4) is 0 Å². The monoisotopic (exact) mass is 360 g/mol. The van der Waals surface area contributed by atoms with Gasteiger partial charge < -0.3 is 5.32 Å². The third-order valence-electron chi connectivity index (χ3n) is 4.73. The van der Waals surface area contributed by atoms with Gasteiger partial charge in [-0.3, -0.25) is 4.79 Å². The normalized spacial score (nSPS) is 27.3. The van der Waals surface area contributed by atoms with E-state index < -0.39 is 10.0 Å². The number of carbonyl (C=O) groups is 1. The fraction of sp³-hybridized carbons (Fsp3) is 0.812. The summed E-state index contributed by atoms with van der Waals surface area (Å²) in [6.07, 6.45) is 2.15. The molecule has 1 N–H and O–H groups in total. The highest BCUT2D eigenvalue weighted by Crippen LogP contribution is 2.59. The van der Waals surface area contributed by atoms with Gasteiger partial charge in [0.25, 0.3) is 0 Å². The second kappa shape index (κ2) is 7.15. The summed E-state index contributed by atoms with van der Waals surface area (Å²) in [6.45, 7) is 9.60. The maximum atomic E-state index is 12.3. The second-order valence-electron chi connectivity index (χ2n) is 7.19. The number of nitrogens with one attached hydrogen (secondary N) is 1. The Labute approximate surface area is 144 Å². The molecule has 0 aromatic rings. The van der Waals surface area contributed by atoms with Crippen molar-refractivity contribution in [2.45, 2.75) is 27.7 Å². The van der Waals surface area contributed by atoms with Crippen LogP contribution in [0.1, 0.15) is 27.7 Å². The maximum Gasteiger partial charge on any atom is 0.224 e.